The minimum absolute atomic E-state index is 0.0791. The summed E-state index contributed by atoms with van der Waals surface area (Å²) in [7, 11) is 0. The maximum absolute atomic E-state index is 12.8. The van der Waals surface area contributed by atoms with E-state index in [1.807, 2.05) is 26.0 Å². The van der Waals surface area contributed by atoms with Gasteiger partial charge in [0, 0.05) is 17.0 Å². The van der Waals surface area contributed by atoms with E-state index in [2.05, 4.69) is 10.6 Å². The number of carbonyl (C=O) groups is 2. The van der Waals surface area contributed by atoms with Gasteiger partial charge in [-0.3, -0.25) is 9.59 Å². The van der Waals surface area contributed by atoms with E-state index in [1.54, 1.807) is 6.07 Å². The highest BCUT2D eigenvalue weighted by atomic mass is 32.2. The topological polar surface area (TPSA) is 58.2 Å². The number of anilines is 2. The van der Waals surface area contributed by atoms with Gasteiger partial charge in [0.15, 0.2) is 0 Å². The summed E-state index contributed by atoms with van der Waals surface area (Å²) in [5.74, 6) is -0.812. The number of amides is 2. The number of alkyl halides is 3. The number of benzene rings is 2. The zero-order valence-corrected chi connectivity index (χ0v) is 15.4. The number of hydrogen-bond acceptors (Lipinski definition) is 3. The molecule has 1 heterocycles. The van der Waals surface area contributed by atoms with E-state index in [9.17, 15) is 22.8 Å². The molecule has 27 heavy (non-hydrogen) atoms. The van der Waals surface area contributed by atoms with Crippen LogP contribution in [0.1, 0.15) is 23.1 Å². The summed E-state index contributed by atoms with van der Waals surface area (Å²) in [5.41, 5.74) is 1.94. The lowest BCUT2D eigenvalue weighted by Crippen LogP contribution is -2.32. The fourth-order valence-electron chi connectivity index (χ4n) is 2.78. The van der Waals surface area contributed by atoms with Crippen LogP contribution in [0.15, 0.2) is 41.3 Å². The molecule has 0 aliphatic carbocycles. The average Bonchev–Trinajstić information content (AvgIpc) is 2.57. The number of halogens is 3. The summed E-state index contributed by atoms with van der Waals surface area (Å²) in [4.78, 5) is 25.0. The predicted molar refractivity (Wildman–Crippen MR) is 98.9 cm³/mol. The van der Waals surface area contributed by atoms with Crippen molar-refractivity contribution in [1.82, 2.24) is 0 Å². The summed E-state index contributed by atoms with van der Waals surface area (Å²) in [6.45, 7) is 3.82. The molecule has 3 rings (SSSR count). The van der Waals surface area contributed by atoms with Crippen LogP contribution < -0.4 is 10.6 Å². The highest BCUT2D eigenvalue weighted by Crippen LogP contribution is 2.40. The summed E-state index contributed by atoms with van der Waals surface area (Å²) in [6.07, 6.45) is -4.56. The molecule has 0 unspecified atom stereocenters. The van der Waals surface area contributed by atoms with Crippen LogP contribution in [-0.2, 0) is 15.8 Å². The van der Waals surface area contributed by atoms with Crippen LogP contribution in [0.4, 0.5) is 24.5 Å². The third-order valence-electron chi connectivity index (χ3n) is 4.15. The van der Waals surface area contributed by atoms with E-state index in [1.165, 1.54) is 6.07 Å². The Hall–Kier alpha value is -2.48. The Morgan fingerprint density at radius 1 is 1.19 bits per heavy atom. The number of nitrogens with one attached hydrogen (secondary N) is 2. The van der Waals surface area contributed by atoms with Crippen molar-refractivity contribution in [2.24, 2.45) is 0 Å². The summed E-state index contributed by atoms with van der Waals surface area (Å²) in [5, 5.41) is 4.54. The van der Waals surface area contributed by atoms with E-state index >= 15 is 0 Å². The Balaban J connectivity index is 1.70. The van der Waals surface area contributed by atoms with Crippen molar-refractivity contribution < 1.29 is 22.8 Å². The van der Waals surface area contributed by atoms with E-state index in [0.29, 0.717) is 10.6 Å². The van der Waals surface area contributed by atoms with Crippen molar-refractivity contribution in [3.05, 3.63) is 53.1 Å². The van der Waals surface area contributed by atoms with Gasteiger partial charge in [-0.25, -0.2) is 0 Å². The number of aryl methyl sites for hydroxylation is 2. The van der Waals surface area contributed by atoms with E-state index in [-0.39, 0.29) is 18.0 Å². The molecule has 1 atom stereocenters. The average molecular weight is 394 g/mol. The van der Waals surface area contributed by atoms with Gasteiger partial charge < -0.3 is 10.6 Å². The molecule has 142 valence electrons. The second-order valence-corrected chi connectivity index (χ2v) is 7.62. The second-order valence-electron chi connectivity index (χ2n) is 6.38. The molecule has 4 nitrogen and oxygen atoms in total. The minimum Gasteiger partial charge on any atom is -0.326 e. The fraction of sp³-hybridized carbons (Fsp3) is 0.263. The van der Waals surface area contributed by atoms with E-state index in [0.717, 1.165) is 35.0 Å². The molecule has 2 amide bonds. The van der Waals surface area contributed by atoms with Gasteiger partial charge in [0.05, 0.1) is 16.5 Å². The highest BCUT2D eigenvalue weighted by molar-refractivity contribution is 8.01. The molecule has 0 aromatic heterocycles. The molecule has 1 aliphatic heterocycles. The molecule has 2 aromatic rings. The lowest BCUT2D eigenvalue weighted by atomic mass is 10.1. The van der Waals surface area contributed by atoms with Crippen LogP contribution >= 0.6 is 11.8 Å². The third kappa shape index (κ3) is 4.44. The lowest BCUT2D eigenvalue weighted by Gasteiger charge is -2.24. The number of rotatable bonds is 3. The maximum atomic E-state index is 12.8. The summed E-state index contributed by atoms with van der Waals surface area (Å²) in [6, 6.07) is 8.80. The molecular weight excluding hydrogens is 377 g/mol. The molecule has 2 N–H and O–H groups in total. The largest absolute Gasteiger partial charge is 0.416 e. The van der Waals surface area contributed by atoms with Crippen molar-refractivity contribution in [1.29, 1.82) is 0 Å². The SMILES string of the molecule is Cc1ccc(NC(=O)C[C@H]2Sc3ccc(C(F)(F)F)cc3NC2=O)c(C)c1. The van der Waals surface area contributed by atoms with Gasteiger partial charge in [-0.05, 0) is 43.7 Å². The van der Waals surface area contributed by atoms with Gasteiger partial charge in [-0.1, -0.05) is 17.7 Å². The summed E-state index contributed by atoms with van der Waals surface area (Å²) >= 11 is 1.09. The zero-order valence-electron chi connectivity index (χ0n) is 14.6. The molecule has 2 aromatic carbocycles. The fourth-order valence-corrected chi connectivity index (χ4v) is 3.88. The first-order chi connectivity index (χ1) is 12.6. The smallest absolute Gasteiger partial charge is 0.326 e. The first kappa shape index (κ1) is 19.3. The van der Waals surface area contributed by atoms with Crippen molar-refractivity contribution in [2.75, 3.05) is 10.6 Å². The number of hydrogen-bond donors (Lipinski definition) is 2. The van der Waals surface area contributed by atoms with Crippen molar-refractivity contribution in [3.63, 3.8) is 0 Å². The minimum atomic E-state index is -4.48. The van der Waals surface area contributed by atoms with Crippen molar-refractivity contribution in [2.45, 2.75) is 36.6 Å². The van der Waals surface area contributed by atoms with Crippen LogP contribution in [0.3, 0.4) is 0 Å². The van der Waals surface area contributed by atoms with Gasteiger partial charge in [-0.2, -0.15) is 13.2 Å². The van der Waals surface area contributed by atoms with E-state index < -0.39 is 22.9 Å². The van der Waals surface area contributed by atoms with Gasteiger partial charge >= 0.3 is 6.18 Å². The quantitative estimate of drug-likeness (QED) is 0.789. The Bertz CT molecular complexity index is 912. The molecule has 8 heteroatoms. The number of thioether (sulfide) groups is 1. The highest BCUT2D eigenvalue weighted by Gasteiger charge is 2.34. The zero-order chi connectivity index (χ0) is 19.8. The first-order valence-corrected chi connectivity index (χ1v) is 9.07. The van der Waals surface area contributed by atoms with Crippen LogP contribution in [0.2, 0.25) is 0 Å². The molecule has 0 fully saturated rings. The monoisotopic (exact) mass is 394 g/mol. The standard InChI is InChI=1S/C19H17F3N2O2S/c1-10-3-5-13(11(2)7-10)23-17(25)9-16-18(26)24-14-8-12(19(20,21)22)4-6-15(14)27-16/h3-8,16H,9H2,1-2H3,(H,23,25)(H,24,26)/t16-/m1/s1. The molecule has 0 bridgehead atoms. The van der Waals surface area contributed by atoms with Crippen LogP contribution in [0.25, 0.3) is 0 Å². The first-order valence-electron chi connectivity index (χ1n) is 8.19. The van der Waals surface area contributed by atoms with Gasteiger partial charge in [0.1, 0.15) is 0 Å². The Kier molecular flexibility index (Phi) is 5.19. The molecule has 0 radical (unpaired) electrons. The maximum Gasteiger partial charge on any atom is 0.416 e. The third-order valence-corrected chi connectivity index (χ3v) is 5.43. The van der Waals surface area contributed by atoms with Crippen LogP contribution in [0.5, 0.6) is 0 Å². The summed E-state index contributed by atoms with van der Waals surface area (Å²) < 4.78 is 38.4. The molecule has 0 spiro atoms. The number of carbonyl (C=O) groups excluding carboxylic acids is 2. The van der Waals surface area contributed by atoms with Crippen LogP contribution in [-0.4, -0.2) is 17.1 Å². The van der Waals surface area contributed by atoms with Gasteiger partial charge in [0.2, 0.25) is 11.8 Å². The Labute approximate surface area is 158 Å². The molecule has 0 saturated heterocycles. The second kappa shape index (κ2) is 7.26. The molecule has 1 aliphatic rings. The Morgan fingerprint density at radius 2 is 1.93 bits per heavy atom. The predicted octanol–water partition coefficient (Wildman–Crippen LogP) is 4.76. The number of fused-ring (bicyclic) bond motifs is 1. The lowest BCUT2D eigenvalue weighted by molar-refractivity contribution is -0.137. The van der Waals surface area contributed by atoms with Gasteiger partial charge in [0.25, 0.3) is 0 Å². The van der Waals surface area contributed by atoms with Crippen molar-refractivity contribution >= 4 is 35.0 Å². The van der Waals surface area contributed by atoms with Crippen molar-refractivity contribution in [3.8, 4) is 0 Å². The molecular formula is C19H17F3N2O2S. The van der Waals surface area contributed by atoms with Crippen LogP contribution in [0, 0.1) is 13.8 Å². The van der Waals surface area contributed by atoms with E-state index in [4.69, 9.17) is 0 Å². The molecule has 0 saturated carbocycles. The van der Waals surface area contributed by atoms with Gasteiger partial charge in [-0.15, -0.1) is 11.8 Å². The Morgan fingerprint density at radius 3 is 2.59 bits per heavy atom. The normalized spacial score (nSPS) is 16.5.